The number of nitrogens with zero attached hydrogens (tertiary/aromatic N) is 1. The highest BCUT2D eigenvalue weighted by molar-refractivity contribution is 7.17. The summed E-state index contributed by atoms with van der Waals surface area (Å²) in [5, 5.41) is 10.1. The van der Waals surface area contributed by atoms with Gasteiger partial charge in [-0.3, -0.25) is 0 Å². The Hall–Kier alpha value is -1.68. The van der Waals surface area contributed by atoms with Crippen LogP contribution in [-0.2, 0) is 6.42 Å². The van der Waals surface area contributed by atoms with Gasteiger partial charge in [0.05, 0.1) is 5.69 Å². The number of carboxylic acid groups (broad SMARTS) is 1. The highest BCUT2D eigenvalue weighted by atomic mass is 32.1. The zero-order valence-corrected chi connectivity index (χ0v) is 13.1. The van der Waals surface area contributed by atoms with Crippen LogP contribution in [0.4, 0.5) is 0 Å². The van der Waals surface area contributed by atoms with E-state index in [1.165, 1.54) is 29.7 Å². The Morgan fingerprint density at radius 3 is 2.52 bits per heavy atom. The van der Waals surface area contributed by atoms with E-state index in [2.05, 4.69) is 43.1 Å². The maximum atomic E-state index is 11.4. The van der Waals surface area contributed by atoms with Crippen LogP contribution in [0.5, 0.6) is 0 Å². The monoisotopic (exact) mass is 301 g/mol. The van der Waals surface area contributed by atoms with Gasteiger partial charge in [0.1, 0.15) is 9.88 Å². The number of thiazole rings is 1. The molecule has 0 radical (unpaired) electrons. The summed E-state index contributed by atoms with van der Waals surface area (Å²) in [7, 11) is 0. The zero-order valence-electron chi connectivity index (χ0n) is 12.3. The molecule has 3 nitrogen and oxygen atoms in total. The van der Waals surface area contributed by atoms with Gasteiger partial charge in [-0.15, -0.1) is 11.3 Å². The second-order valence-electron chi connectivity index (χ2n) is 6.09. The highest BCUT2D eigenvalue weighted by Gasteiger charge is 2.23. The molecule has 1 aliphatic rings. The van der Waals surface area contributed by atoms with E-state index in [1.54, 1.807) is 0 Å². The fourth-order valence-corrected chi connectivity index (χ4v) is 3.42. The van der Waals surface area contributed by atoms with E-state index in [9.17, 15) is 9.90 Å². The second kappa shape index (κ2) is 5.60. The van der Waals surface area contributed by atoms with Crippen molar-refractivity contribution in [2.75, 3.05) is 0 Å². The normalized spacial score (nSPS) is 14.6. The molecule has 1 fully saturated rings. The number of hydrogen-bond donors (Lipinski definition) is 1. The molecule has 0 spiro atoms. The largest absolute Gasteiger partial charge is 0.477 e. The Labute approximate surface area is 128 Å². The second-order valence-corrected chi connectivity index (χ2v) is 7.09. The first-order chi connectivity index (χ1) is 10.0. The van der Waals surface area contributed by atoms with Crippen molar-refractivity contribution >= 4 is 17.3 Å². The van der Waals surface area contributed by atoms with Crippen molar-refractivity contribution in [1.82, 2.24) is 4.98 Å². The molecule has 0 aliphatic heterocycles. The number of hydrogen-bond acceptors (Lipinski definition) is 3. The molecule has 1 heterocycles. The van der Waals surface area contributed by atoms with E-state index in [4.69, 9.17) is 0 Å². The Morgan fingerprint density at radius 1 is 1.33 bits per heavy atom. The van der Waals surface area contributed by atoms with E-state index in [0.29, 0.717) is 22.9 Å². The van der Waals surface area contributed by atoms with Gasteiger partial charge in [-0.1, -0.05) is 38.1 Å². The maximum absolute atomic E-state index is 11.4. The predicted molar refractivity (Wildman–Crippen MR) is 85.0 cm³/mol. The van der Waals surface area contributed by atoms with Crippen molar-refractivity contribution in [1.29, 1.82) is 0 Å². The number of aromatic nitrogens is 1. The number of rotatable bonds is 5. The lowest BCUT2D eigenvalue weighted by Gasteiger charge is -2.02. The van der Waals surface area contributed by atoms with Gasteiger partial charge in [0.15, 0.2) is 0 Å². The average molecular weight is 301 g/mol. The quantitative estimate of drug-likeness (QED) is 0.879. The number of carboxylic acids is 1. The summed E-state index contributed by atoms with van der Waals surface area (Å²) in [6.45, 7) is 4.16. The van der Waals surface area contributed by atoms with Gasteiger partial charge in [-0.25, -0.2) is 9.78 Å². The van der Waals surface area contributed by atoms with Crippen LogP contribution in [0.3, 0.4) is 0 Å². The summed E-state index contributed by atoms with van der Waals surface area (Å²) in [5.74, 6) is 0.265. The van der Waals surface area contributed by atoms with Gasteiger partial charge < -0.3 is 5.11 Å². The smallest absolute Gasteiger partial charge is 0.347 e. The van der Waals surface area contributed by atoms with Crippen LogP contribution in [-0.4, -0.2) is 16.1 Å². The fourth-order valence-electron chi connectivity index (χ4n) is 2.48. The van der Waals surface area contributed by atoms with Crippen LogP contribution < -0.4 is 0 Å². The molecule has 3 rings (SSSR count). The Kier molecular flexibility index (Phi) is 3.81. The predicted octanol–water partition coefficient (Wildman–Crippen LogP) is 4.58. The maximum Gasteiger partial charge on any atom is 0.347 e. The Morgan fingerprint density at radius 2 is 2.00 bits per heavy atom. The van der Waals surface area contributed by atoms with Crippen molar-refractivity contribution in [2.45, 2.75) is 39.0 Å². The lowest BCUT2D eigenvalue weighted by Crippen LogP contribution is -2.02. The first-order valence-electron chi connectivity index (χ1n) is 7.38. The van der Waals surface area contributed by atoms with Gasteiger partial charge in [0.2, 0.25) is 0 Å². The van der Waals surface area contributed by atoms with Crippen LogP contribution in [0, 0.1) is 5.92 Å². The molecule has 1 aromatic carbocycles. The van der Waals surface area contributed by atoms with Crippen LogP contribution in [0.2, 0.25) is 0 Å². The molecule has 21 heavy (non-hydrogen) atoms. The summed E-state index contributed by atoms with van der Waals surface area (Å²) in [6.07, 6.45) is 3.29. The van der Waals surface area contributed by atoms with Gasteiger partial charge in [-0.2, -0.15) is 0 Å². The van der Waals surface area contributed by atoms with Crippen molar-refractivity contribution in [2.24, 2.45) is 5.92 Å². The molecule has 0 saturated heterocycles. The van der Waals surface area contributed by atoms with Gasteiger partial charge in [0, 0.05) is 5.56 Å². The third kappa shape index (κ3) is 3.16. The van der Waals surface area contributed by atoms with Crippen molar-refractivity contribution in [3.63, 3.8) is 0 Å². The fraction of sp³-hybridized carbons (Fsp3) is 0.412. The number of carbonyl (C=O) groups is 1. The highest BCUT2D eigenvalue weighted by Crippen LogP contribution is 2.40. The molecule has 4 heteroatoms. The minimum absolute atomic E-state index is 0.380. The molecule has 2 aromatic rings. The summed E-state index contributed by atoms with van der Waals surface area (Å²) in [4.78, 5) is 16.3. The standard InChI is InChI=1S/C17H19NO2S/c1-10(2)9-14-15(17(19)20)21-16(18-14)13-7-5-12(6-8-13)11-3-4-11/h5-8,10-11H,3-4,9H2,1-2H3,(H,19,20). The molecule has 1 saturated carbocycles. The number of aromatic carboxylic acids is 1. The van der Waals surface area contributed by atoms with Gasteiger partial charge in [0.25, 0.3) is 0 Å². The van der Waals surface area contributed by atoms with Crippen LogP contribution in [0.15, 0.2) is 24.3 Å². The molecule has 1 N–H and O–H groups in total. The molecular formula is C17H19NO2S. The van der Waals surface area contributed by atoms with Crippen molar-refractivity contribution < 1.29 is 9.90 Å². The number of benzene rings is 1. The minimum Gasteiger partial charge on any atom is -0.477 e. The summed E-state index contributed by atoms with van der Waals surface area (Å²) in [6, 6.07) is 8.43. The van der Waals surface area contributed by atoms with Crippen molar-refractivity contribution in [3.05, 3.63) is 40.4 Å². The van der Waals surface area contributed by atoms with Gasteiger partial charge in [-0.05, 0) is 36.7 Å². The van der Waals surface area contributed by atoms with Crippen LogP contribution >= 0.6 is 11.3 Å². The first-order valence-corrected chi connectivity index (χ1v) is 8.19. The Bertz CT molecular complexity index is 654. The van der Waals surface area contributed by atoms with Crippen LogP contribution in [0.1, 0.15) is 53.5 Å². The van der Waals surface area contributed by atoms with Crippen molar-refractivity contribution in [3.8, 4) is 10.6 Å². The first kappa shape index (κ1) is 14.3. The molecular weight excluding hydrogens is 282 g/mol. The molecule has 110 valence electrons. The van der Waals surface area contributed by atoms with E-state index in [0.717, 1.165) is 16.5 Å². The van der Waals surface area contributed by atoms with E-state index in [-0.39, 0.29) is 0 Å². The van der Waals surface area contributed by atoms with E-state index < -0.39 is 5.97 Å². The molecule has 0 atom stereocenters. The molecule has 1 aromatic heterocycles. The van der Waals surface area contributed by atoms with Gasteiger partial charge >= 0.3 is 5.97 Å². The third-order valence-electron chi connectivity index (χ3n) is 3.70. The van der Waals surface area contributed by atoms with Crippen LogP contribution in [0.25, 0.3) is 10.6 Å². The molecule has 0 bridgehead atoms. The topological polar surface area (TPSA) is 50.2 Å². The molecule has 0 unspecified atom stereocenters. The van der Waals surface area contributed by atoms with E-state index >= 15 is 0 Å². The third-order valence-corrected chi connectivity index (χ3v) is 4.83. The van der Waals surface area contributed by atoms with E-state index in [1.807, 2.05) is 0 Å². The summed E-state index contributed by atoms with van der Waals surface area (Å²) in [5.41, 5.74) is 3.11. The lowest BCUT2D eigenvalue weighted by molar-refractivity contribution is 0.0700. The Balaban J connectivity index is 1.91. The molecule has 1 aliphatic carbocycles. The lowest BCUT2D eigenvalue weighted by atomic mass is 10.1. The SMILES string of the molecule is CC(C)Cc1nc(-c2ccc(C3CC3)cc2)sc1C(=O)O. The summed E-state index contributed by atoms with van der Waals surface area (Å²) >= 11 is 1.28. The summed E-state index contributed by atoms with van der Waals surface area (Å²) < 4.78 is 0. The molecule has 0 amide bonds. The zero-order chi connectivity index (χ0) is 15.0. The minimum atomic E-state index is -0.871. The average Bonchev–Trinajstić information content (AvgIpc) is 3.20.